The minimum atomic E-state index is -0.681. The van der Waals surface area contributed by atoms with Crippen molar-refractivity contribution >= 4 is 17.6 Å². The third-order valence-corrected chi connectivity index (χ3v) is 4.43. The van der Waals surface area contributed by atoms with E-state index in [1.165, 1.54) is 0 Å². The molecule has 18 heavy (non-hydrogen) atoms. The number of nitrogens with zero attached hydrogens (tertiary/aromatic N) is 2. The van der Waals surface area contributed by atoms with Crippen molar-refractivity contribution in [3.05, 3.63) is 0 Å². The van der Waals surface area contributed by atoms with E-state index in [9.17, 15) is 14.4 Å². The Kier molecular flexibility index (Phi) is 2.29. The molecular formula is C12H16N2O4. The predicted molar refractivity (Wildman–Crippen MR) is 60.3 cm³/mol. The van der Waals surface area contributed by atoms with E-state index in [0.717, 1.165) is 12.8 Å². The minimum Gasteiger partial charge on any atom is -0.383 e. The molecule has 5 atom stereocenters. The Balaban J connectivity index is 0.000000111. The number of likely N-dealkylation sites (tertiary alicyclic amines) is 2. The van der Waals surface area contributed by atoms with Gasteiger partial charge in [0.1, 0.15) is 6.10 Å². The Bertz CT molecular complexity index is 427. The first-order chi connectivity index (χ1) is 8.43. The van der Waals surface area contributed by atoms with Gasteiger partial charge in [0.15, 0.2) is 0 Å². The fraction of sp³-hybridized carbons (Fsp3) is 0.750. The van der Waals surface area contributed by atoms with Gasteiger partial charge in [-0.15, -0.1) is 0 Å². The van der Waals surface area contributed by atoms with Gasteiger partial charge < -0.3 is 14.9 Å². The van der Waals surface area contributed by atoms with Gasteiger partial charge in [-0.2, -0.15) is 0 Å². The number of rotatable bonds is 0. The van der Waals surface area contributed by atoms with Crippen LogP contribution in [0.4, 0.5) is 0 Å². The lowest BCUT2D eigenvalue weighted by Crippen LogP contribution is -2.30. The summed E-state index contributed by atoms with van der Waals surface area (Å²) in [5.41, 5.74) is 0. The first kappa shape index (κ1) is 11.6. The van der Waals surface area contributed by atoms with Crippen LogP contribution in [0.2, 0.25) is 0 Å². The summed E-state index contributed by atoms with van der Waals surface area (Å²) in [6, 6.07) is 0.637. The van der Waals surface area contributed by atoms with Crippen LogP contribution in [0, 0.1) is 11.8 Å². The smallest absolute Gasteiger partial charge is 0.290 e. The molecule has 4 fully saturated rings. The second kappa shape index (κ2) is 3.54. The van der Waals surface area contributed by atoms with Crippen molar-refractivity contribution in [3.63, 3.8) is 0 Å². The van der Waals surface area contributed by atoms with Crippen LogP contribution in [-0.2, 0) is 14.4 Å². The summed E-state index contributed by atoms with van der Waals surface area (Å²) in [7, 11) is 3.45. The molecule has 2 aliphatic heterocycles. The van der Waals surface area contributed by atoms with Crippen molar-refractivity contribution in [2.75, 3.05) is 14.1 Å². The van der Waals surface area contributed by atoms with Gasteiger partial charge >= 0.3 is 0 Å². The van der Waals surface area contributed by atoms with Crippen molar-refractivity contribution in [1.82, 2.24) is 9.80 Å². The number of hydrogen-bond acceptors (Lipinski definition) is 4. The minimum absolute atomic E-state index is 0.0718. The largest absolute Gasteiger partial charge is 0.383 e. The number of aliphatic hydroxyl groups excluding tert-OH is 1. The third kappa shape index (κ3) is 1.48. The molecule has 0 spiro atoms. The molecule has 2 aliphatic carbocycles. The third-order valence-electron chi connectivity index (χ3n) is 4.43. The highest BCUT2D eigenvalue weighted by atomic mass is 16.3. The number of carbonyl (C=O) groups is 3. The first-order valence-corrected chi connectivity index (χ1v) is 6.19. The summed E-state index contributed by atoms with van der Waals surface area (Å²) in [4.78, 5) is 35.5. The average Bonchev–Trinajstić information content (AvgIpc) is 3.23. The molecule has 2 heterocycles. The Morgan fingerprint density at radius 1 is 1.06 bits per heavy atom. The molecule has 6 nitrogen and oxygen atoms in total. The van der Waals surface area contributed by atoms with Crippen LogP contribution < -0.4 is 0 Å². The van der Waals surface area contributed by atoms with Gasteiger partial charge in [0, 0.05) is 38.0 Å². The van der Waals surface area contributed by atoms with Crippen LogP contribution >= 0.6 is 0 Å². The number of ketones is 1. The number of aliphatic hydroxyl groups is 1. The van der Waals surface area contributed by atoms with E-state index in [2.05, 4.69) is 0 Å². The van der Waals surface area contributed by atoms with E-state index < -0.39 is 6.10 Å². The van der Waals surface area contributed by atoms with Crippen LogP contribution in [0.5, 0.6) is 0 Å². The van der Waals surface area contributed by atoms with Gasteiger partial charge in [0.25, 0.3) is 11.8 Å². The van der Waals surface area contributed by atoms with Crippen LogP contribution in [0.3, 0.4) is 0 Å². The van der Waals surface area contributed by atoms with Crippen molar-refractivity contribution in [2.45, 2.75) is 31.0 Å². The lowest BCUT2D eigenvalue weighted by Gasteiger charge is -2.10. The molecule has 0 radical (unpaired) electrons. The molecule has 4 rings (SSSR count). The molecule has 2 saturated heterocycles. The summed E-state index contributed by atoms with van der Waals surface area (Å²) in [5, 5.41) is 9.09. The van der Waals surface area contributed by atoms with Crippen molar-refractivity contribution in [1.29, 1.82) is 0 Å². The van der Waals surface area contributed by atoms with Gasteiger partial charge in [0.2, 0.25) is 5.78 Å². The van der Waals surface area contributed by atoms with Crippen LogP contribution in [0.15, 0.2) is 0 Å². The fourth-order valence-corrected chi connectivity index (χ4v) is 2.91. The second-order valence-electron chi connectivity index (χ2n) is 5.55. The van der Waals surface area contributed by atoms with E-state index in [4.69, 9.17) is 5.11 Å². The lowest BCUT2D eigenvalue weighted by atomic mass is 10.2. The number of fused-ring (bicyclic) bond motifs is 2. The number of Topliss-reactive ketones (excluding diaryl/α,β-unsaturated/α-hetero) is 1. The fourth-order valence-electron chi connectivity index (χ4n) is 2.91. The maximum atomic E-state index is 10.8. The van der Waals surface area contributed by atoms with E-state index in [1.807, 2.05) is 0 Å². The highest BCUT2D eigenvalue weighted by Crippen LogP contribution is 2.44. The molecule has 0 aromatic heterocycles. The predicted octanol–water partition coefficient (Wildman–Crippen LogP) is -1.38. The monoisotopic (exact) mass is 252 g/mol. The van der Waals surface area contributed by atoms with Crippen molar-refractivity contribution in [3.8, 4) is 0 Å². The van der Waals surface area contributed by atoms with Crippen LogP contribution in [-0.4, -0.2) is 64.8 Å². The highest BCUT2D eigenvalue weighted by molar-refractivity contribution is 6.40. The number of hydrogen-bond donors (Lipinski definition) is 1. The van der Waals surface area contributed by atoms with Gasteiger partial charge in [-0.05, 0) is 12.8 Å². The molecular weight excluding hydrogens is 236 g/mol. The zero-order valence-corrected chi connectivity index (χ0v) is 10.4. The molecule has 1 N–H and O–H groups in total. The van der Waals surface area contributed by atoms with E-state index >= 15 is 0 Å². The number of amides is 2. The maximum Gasteiger partial charge on any atom is 0.290 e. The standard InChI is InChI=1S/C6H9NO2.C6H7NO2/c2*1-7-4-2-3(4)5(8)6(7)9/h3-5,8H,2H2,1H3;3-4H,2H2,1H3. The number of likely N-dealkylation sites (N-methyl/N-ethyl adjacent to an activating group) is 2. The van der Waals surface area contributed by atoms with E-state index in [0.29, 0.717) is 6.04 Å². The molecule has 2 saturated carbocycles. The van der Waals surface area contributed by atoms with Crippen molar-refractivity contribution in [2.24, 2.45) is 11.8 Å². The Hall–Kier alpha value is -1.43. The van der Waals surface area contributed by atoms with E-state index in [1.54, 1.807) is 23.9 Å². The summed E-state index contributed by atoms with van der Waals surface area (Å²) < 4.78 is 0. The Morgan fingerprint density at radius 3 is 1.94 bits per heavy atom. The highest BCUT2D eigenvalue weighted by Gasteiger charge is 2.57. The SMILES string of the molecule is CN1C(=O)C(=O)C2CC21.CN1C(=O)C(O)C2CC21. The van der Waals surface area contributed by atoms with Gasteiger partial charge in [-0.1, -0.05) is 0 Å². The molecule has 6 heteroatoms. The summed E-state index contributed by atoms with van der Waals surface area (Å²) in [6.45, 7) is 0. The van der Waals surface area contributed by atoms with Gasteiger partial charge in [0.05, 0.1) is 0 Å². The quantitative estimate of drug-likeness (QED) is 0.539. The molecule has 4 aliphatic rings. The van der Waals surface area contributed by atoms with Crippen molar-refractivity contribution < 1.29 is 19.5 Å². The first-order valence-electron chi connectivity index (χ1n) is 6.19. The summed E-state index contributed by atoms with van der Waals surface area (Å²) >= 11 is 0. The molecule has 2 amide bonds. The zero-order chi connectivity index (χ0) is 13.2. The topological polar surface area (TPSA) is 77.9 Å². The van der Waals surface area contributed by atoms with Gasteiger partial charge in [-0.3, -0.25) is 14.4 Å². The summed E-state index contributed by atoms with van der Waals surface area (Å²) in [6.07, 6.45) is 1.23. The number of carbonyl (C=O) groups excluding carboxylic acids is 3. The lowest BCUT2D eigenvalue weighted by molar-refractivity contribution is -0.141. The van der Waals surface area contributed by atoms with Crippen LogP contribution in [0.25, 0.3) is 0 Å². The second-order valence-corrected chi connectivity index (χ2v) is 5.55. The van der Waals surface area contributed by atoms with Crippen LogP contribution in [0.1, 0.15) is 12.8 Å². The molecule has 98 valence electrons. The molecule has 0 bridgehead atoms. The maximum absolute atomic E-state index is 10.8. The molecule has 0 aromatic carbocycles. The normalized spacial score (nSPS) is 43.5. The number of piperidine rings is 2. The molecule has 0 aromatic rings. The van der Waals surface area contributed by atoms with Gasteiger partial charge in [-0.25, -0.2) is 0 Å². The molecule has 5 unspecified atom stereocenters. The Morgan fingerprint density at radius 2 is 1.72 bits per heavy atom. The average molecular weight is 252 g/mol. The zero-order valence-electron chi connectivity index (χ0n) is 10.4. The Labute approximate surface area is 105 Å². The van der Waals surface area contributed by atoms with E-state index in [-0.39, 0.29) is 35.5 Å². The summed E-state index contributed by atoms with van der Waals surface area (Å²) in [5.74, 6) is -0.236.